The van der Waals surface area contributed by atoms with Gasteiger partial charge < -0.3 is 4.74 Å². The lowest BCUT2D eigenvalue weighted by molar-refractivity contribution is 0.0969. The Balaban J connectivity index is 1.98. The van der Waals surface area contributed by atoms with Crippen LogP contribution in [0, 0.1) is 5.92 Å². The lowest BCUT2D eigenvalue weighted by Gasteiger charge is -2.11. The van der Waals surface area contributed by atoms with Gasteiger partial charge in [-0.2, -0.15) is 0 Å². The summed E-state index contributed by atoms with van der Waals surface area (Å²) in [5.74, 6) is 1.26. The van der Waals surface area contributed by atoms with Crippen molar-refractivity contribution in [3.05, 3.63) is 36.0 Å². The SMILES string of the molecule is CCCCOc1ccc(C(=O)C2CC2)c2cccnc12. The predicted molar refractivity (Wildman–Crippen MR) is 79.2 cm³/mol. The van der Waals surface area contributed by atoms with Gasteiger partial charge in [-0.3, -0.25) is 9.78 Å². The quantitative estimate of drug-likeness (QED) is 0.587. The molecule has 1 aromatic heterocycles. The summed E-state index contributed by atoms with van der Waals surface area (Å²) < 4.78 is 5.80. The van der Waals surface area contributed by atoms with E-state index in [0.717, 1.165) is 47.9 Å². The first-order valence-corrected chi connectivity index (χ1v) is 7.36. The zero-order valence-electron chi connectivity index (χ0n) is 11.8. The maximum atomic E-state index is 12.3. The molecular formula is C17H19NO2. The largest absolute Gasteiger partial charge is 0.491 e. The average Bonchev–Trinajstić information content (AvgIpc) is 3.31. The van der Waals surface area contributed by atoms with E-state index >= 15 is 0 Å². The van der Waals surface area contributed by atoms with E-state index in [0.29, 0.717) is 6.61 Å². The highest BCUT2D eigenvalue weighted by Crippen LogP contribution is 2.36. The van der Waals surface area contributed by atoms with Gasteiger partial charge in [-0.1, -0.05) is 19.4 Å². The fraction of sp³-hybridized carbons (Fsp3) is 0.412. The van der Waals surface area contributed by atoms with Crippen LogP contribution in [0.15, 0.2) is 30.5 Å². The fourth-order valence-corrected chi connectivity index (χ4v) is 2.37. The molecule has 2 aromatic rings. The van der Waals surface area contributed by atoms with Crippen LogP contribution >= 0.6 is 0 Å². The molecule has 104 valence electrons. The molecule has 0 unspecified atom stereocenters. The molecule has 0 saturated heterocycles. The summed E-state index contributed by atoms with van der Waals surface area (Å²) in [5.41, 5.74) is 1.59. The lowest BCUT2D eigenvalue weighted by atomic mass is 10.0. The molecule has 0 bridgehead atoms. The monoisotopic (exact) mass is 269 g/mol. The Morgan fingerprint density at radius 2 is 2.20 bits per heavy atom. The van der Waals surface area contributed by atoms with Gasteiger partial charge in [0.15, 0.2) is 5.78 Å². The number of hydrogen-bond acceptors (Lipinski definition) is 3. The van der Waals surface area contributed by atoms with E-state index in [1.54, 1.807) is 6.20 Å². The third-order valence-electron chi connectivity index (χ3n) is 3.70. The van der Waals surface area contributed by atoms with E-state index < -0.39 is 0 Å². The minimum Gasteiger partial charge on any atom is -0.491 e. The van der Waals surface area contributed by atoms with Crippen molar-refractivity contribution >= 4 is 16.7 Å². The van der Waals surface area contributed by atoms with Crippen molar-refractivity contribution < 1.29 is 9.53 Å². The van der Waals surface area contributed by atoms with Crippen LogP contribution in [0.4, 0.5) is 0 Å². The summed E-state index contributed by atoms with van der Waals surface area (Å²) in [6.07, 6.45) is 5.92. The number of rotatable bonds is 6. The van der Waals surface area contributed by atoms with E-state index in [-0.39, 0.29) is 11.7 Å². The van der Waals surface area contributed by atoms with Crippen LogP contribution in [0.5, 0.6) is 5.75 Å². The molecule has 0 aliphatic heterocycles. The Labute approximate surface area is 119 Å². The molecule has 0 spiro atoms. The summed E-state index contributed by atoms with van der Waals surface area (Å²) in [5, 5.41) is 0.915. The zero-order valence-corrected chi connectivity index (χ0v) is 11.8. The Bertz CT molecular complexity index is 632. The second-order valence-corrected chi connectivity index (χ2v) is 5.35. The number of carbonyl (C=O) groups is 1. The summed E-state index contributed by atoms with van der Waals surface area (Å²) in [6.45, 7) is 2.83. The number of hydrogen-bond donors (Lipinski definition) is 0. The van der Waals surface area contributed by atoms with Crippen molar-refractivity contribution in [2.75, 3.05) is 6.61 Å². The number of carbonyl (C=O) groups excluding carboxylic acids is 1. The molecule has 1 heterocycles. The van der Waals surface area contributed by atoms with Gasteiger partial charge in [0.2, 0.25) is 0 Å². The molecule has 3 rings (SSSR count). The number of nitrogens with zero attached hydrogens (tertiary/aromatic N) is 1. The molecule has 3 heteroatoms. The normalized spacial score (nSPS) is 14.4. The minimum absolute atomic E-state index is 0.227. The van der Waals surface area contributed by atoms with E-state index in [4.69, 9.17) is 4.74 Å². The molecule has 1 aliphatic rings. The van der Waals surface area contributed by atoms with Crippen molar-refractivity contribution in [1.29, 1.82) is 0 Å². The van der Waals surface area contributed by atoms with Gasteiger partial charge in [0.25, 0.3) is 0 Å². The van der Waals surface area contributed by atoms with Gasteiger partial charge in [-0.15, -0.1) is 0 Å². The molecule has 1 aliphatic carbocycles. The molecule has 20 heavy (non-hydrogen) atoms. The minimum atomic E-state index is 0.227. The Kier molecular flexibility index (Phi) is 3.68. The first kappa shape index (κ1) is 13.1. The van der Waals surface area contributed by atoms with Crippen LogP contribution in [-0.2, 0) is 0 Å². The van der Waals surface area contributed by atoms with Crippen molar-refractivity contribution in [2.45, 2.75) is 32.6 Å². The second kappa shape index (κ2) is 5.61. The number of unbranched alkanes of at least 4 members (excludes halogenated alkanes) is 1. The van der Waals surface area contributed by atoms with Crippen LogP contribution in [-0.4, -0.2) is 17.4 Å². The third-order valence-corrected chi connectivity index (χ3v) is 3.70. The van der Waals surface area contributed by atoms with Crippen LogP contribution < -0.4 is 4.74 Å². The maximum Gasteiger partial charge on any atom is 0.166 e. The number of fused-ring (bicyclic) bond motifs is 1. The number of pyridine rings is 1. The van der Waals surface area contributed by atoms with Gasteiger partial charge >= 0.3 is 0 Å². The fourth-order valence-electron chi connectivity index (χ4n) is 2.37. The molecule has 1 fully saturated rings. The molecule has 0 radical (unpaired) electrons. The smallest absolute Gasteiger partial charge is 0.166 e. The second-order valence-electron chi connectivity index (χ2n) is 5.35. The highest BCUT2D eigenvalue weighted by atomic mass is 16.5. The topological polar surface area (TPSA) is 39.2 Å². The Morgan fingerprint density at radius 3 is 2.95 bits per heavy atom. The number of ketones is 1. The van der Waals surface area contributed by atoms with Crippen LogP contribution in [0.25, 0.3) is 10.9 Å². The summed E-state index contributed by atoms with van der Waals surface area (Å²) in [7, 11) is 0. The average molecular weight is 269 g/mol. The number of benzene rings is 1. The third kappa shape index (κ3) is 2.53. The molecule has 0 N–H and O–H groups in total. The van der Waals surface area contributed by atoms with Gasteiger partial charge in [0.05, 0.1) is 6.61 Å². The predicted octanol–water partition coefficient (Wildman–Crippen LogP) is 4.01. The first-order chi connectivity index (χ1) is 9.81. The van der Waals surface area contributed by atoms with E-state index in [2.05, 4.69) is 11.9 Å². The summed E-state index contributed by atoms with van der Waals surface area (Å²) >= 11 is 0. The van der Waals surface area contributed by atoms with Gasteiger partial charge in [-0.05, 0) is 37.5 Å². The number of aromatic nitrogens is 1. The van der Waals surface area contributed by atoms with Crippen molar-refractivity contribution in [3.63, 3.8) is 0 Å². The first-order valence-electron chi connectivity index (χ1n) is 7.36. The standard InChI is InChI=1S/C17H19NO2/c1-2-3-11-20-15-9-8-14(17(19)12-6-7-12)13-5-4-10-18-16(13)15/h4-5,8-10,12H,2-3,6-7,11H2,1H3. The van der Waals surface area contributed by atoms with E-state index in [9.17, 15) is 4.79 Å². The number of Topliss-reactive ketones (excluding diaryl/α,β-unsaturated/α-hetero) is 1. The van der Waals surface area contributed by atoms with Crippen LogP contribution in [0.3, 0.4) is 0 Å². The molecular weight excluding hydrogens is 250 g/mol. The van der Waals surface area contributed by atoms with Crippen molar-refractivity contribution in [2.24, 2.45) is 5.92 Å². The molecule has 3 nitrogen and oxygen atoms in total. The van der Waals surface area contributed by atoms with E-state index in [1.807, 2.05) is 24.3 Å². The van der Waals surface area contributed by atoms with E-state index in [1.165, 1.54) is 0 Å². The summed E-state index contributed by atoms with van der Waals surface area (Å²) in [4.78, 5) is 16.7. The highest BCUT2D eigenvalue weighted by molar-refractivity contribution is 6.10. The molecule has 1 saturated carbocycles. The highest BCUT2D eigenvalue weighted by Gasteiger charge is 2.31. The van der Waals surface area contributed by atoms with Gasteiger partial charge in [-0.25, -0.2) is 0 Å². The molecule has 1 aromatic carbocycles. The lowest BCUT2D eigenvalue weighted by Crippen LogP contribution is -2.04. The summed E-state index contributed by atoms with van der Waals surface area (Å²) in [6, 6.07) is 7.62. The number of ether oxygens (including phenoxy) is 1. The maximum absolute atomic E-state index is 12.3. The zero-order chi connectivity index (χ0) is 13.9. The van der Waals surface area contributed by atoms with Crippen LogP contribution in [0.2, 0.25) is 0 Å². The van der Waals surface area contributed by atoms with Gasteiger partial charge in [0, 0.05) is 23.1 Å². The Hall–Kier alpha value is -1.90. The Morgan fingerprint density at radius 1 is 1.35 bits per heavy atom. The van der Waals surface area contributed by atoms with Crippen LogP contribution in [0.1, 0.15) is 43.0 Å². The van der Waals surface area contributed by atoms with Crippen molar-refractivity contribution in [3.8, 4) is 5.75 Å². The molecule has 0 amide bonds. The van der Waals surface area contributed by atoms with Crippen molar-refractivity contribution in [1.82, 2.24) is 4.98 Å². The molecule has 0 atom stereocenters. The van der Waals surface area contributed by atoms with Gasteiger partial charge in [0.1, 0.15) is 11.3 Å².